The van der Waals surface area contributed by atoms with Crippen LogP contribution in [0.15, 0.2) is 4.99 Å². The highest BCUT2D eigenvalue weighted by atomic mass is 32.2. The van der Waals surface area contributed by atoms with Gasteiger partial charge < -0.3 is 10.2 Å². The van der Waals surface area contributed by atoms with E-state index < -0.39 is 10.0 Å². The van der Waals surface area contributed by atoms with Crippen molar-refractivity contribution in [1.29, 1.82) is 0 Å². The minimum Gasteiger partial charge on any atom is -0.356 e. The highest BCUT2D eigenvalue weighted by Crippen LogP contribution is 2.24. The van der Waals surface area contributed by atoms with Crippen molar-refractivity contribution in [2.75, 3.05) is 45.2 Å². The van der Waals surface area contributed by atoms with E-state index in [0.29, 0.717) is 24.3 Å². The molecule has 6 nitrogen and oxygen atoms in total. The van der Waals surface area contributed by atoms with Crippen molar-refractivity contribution in [3.8, 4) is 0 Å². The van der Waals surface area contributed by atoms with Gasteiger partial charge in [0.05, 0.1) is 6.26 Å². The van der Waals surface area contributed by atoms with Crippen LogP contribution in [0.2, 0.25) is 0 Å². The summed E-state index contributed by atoms with van der Waals surface area (Å²) in [4.78, 5) is 6.63. The number of aliphatic imine (C=N–C) groups is 1. The summed E-state index contributed by atoms with van der Waals surface area (Å²) >= 11 is 2.04. The van der Waals surface area contributed by atoms with Crippen LogP contribution in [0, 0.1) is 5.92 Å². The maximum absolute atomic E-state index is 11.0. The molecule has 0 amide bonds. The number of thioether (sulfide) groups is 1. The number of hydrogen-bond acceptors (Lipinski definition) is 4. The lowest BCUT2D eigenvalue weighted by molar-refractivity contribution is 0.380. The molecule has 0 bridgehead atoms. The van der Waals surface area contributed by atoms with E-state index in [0.717, 1.165) is 31.2 Å². The minimum absolute atomic E-state index is 0.452. The number of hydrogen-bond donors (Lipinski definition) is 2. The molecule has 0 saturated carbocycles. The Bertz CT molecular complexity index is 437. The molecule has 124 valence electrons. The molecule has 0 aliphatic carbocycles. The zero-order chi connectivity index (χ0) is 15.9. The summed E-state index contributed by atoms with van der Waals surface area (Å²) in [5.74, 6) is 2.70. The van der Waals surface area contributed by atoms with Crippen molar-refractivity contribution in [2.24, 2.45) is 10.9 Å². The Balaban J connectivity index is 2.34. The fourth-order valence-electron chi connectivity index (χ4n) is 2.15. The quantitative estimate of drug-likeness (QED) is 0.421. The Labute approximate surface area is 133 Å². The number of rotatable bonds is 6. The predicted molar refractivity (Wildman–Crippen MR) is 91.5 cm³/mol. The smallest absolute Gasteiger partial charge is 0.208 e. The van der Waals surface area contributed by atoms with Crippen LogP contribution in [-0.4, -0.2) is 69.8 Å². The molecule has 0 aromatic heterocycles. The second-order valence-electron chi connectivity index (χ2n) is 5.59. The van der Waals surface area contributed by atoms with E-state index >= 15 is 0 Å². The van der Waals surface area contributed by atoms with Gasteiger partial charge in [-0.25, -0.2) is 13.1 Å². The van der Waals surface area contributed by atoms with E-state index in [1.807, 2.05) is 11.8 Å². The summed E-state index contributed by atoms with van der Waals surface area (Å²) in [6.45, 7) is 7.71. The first-order valence-electron chi connectivity index (χ1n) is 7.35. The van der Waals surface area contributed by atoms with Crippen molar-refractivity contribution >= 4 is 27.7 Å². The normalized spacial score (nSPS) is 20.9. The van der Waals surface area contributed by atoms with E-state index in [4.69, 9.17) is 0 Å². The standard InChI is InChI=1S/C13H28N4O2S2/c1-11(2)12-10-17(8-9-20-12)13(14-3)15-6-5-7-16-21(4,18)19/h11-12,16H,5-10H2,1-4H3,(H,14,15). The van der Waals surface area contributed by atoms with Crippen molar-refractivity contribution in [3.05, 3.63) is 0 Å². The third kappa shape index (κ3) is 7.37. The first-order valence-corrected chi connectivity index (χ1v) is 10.3. The van der Waals surface area contributed by atoms with Crippen LogP contribution in [0.4, 0.5) is 0 Å². The first-order chi connectivity index (χ1) is 9.83. The predicted octanol–water partition coefficient (Wildman–Crippen LogP) is 0.575. The number of nitrogens with one attached hydrogen (secondary N) is 2. The van der Waals surface area contributed by atoms with Crippen LogP contribution in [0.25, 0.3) is 0 Å². The Morgan fingerprint density at radius 3 is 2.71 bits per heavy atom. The van der Waals surface area contributed by atoms with E-state index in [2.05, 4.69) is 33.8 Å². The monoisotopic (exact) mass is 336 g/mol. The minimum atomic E-state index is -3.09. The van der Waals surface area contributed by atoms with Crippen molar-refractivity contribution in [2.45, 2.75) is 25.5 Å². The summed E-state index contributed by atoms with van der Waals surface area (Å²) in [6.07, 6.45) is 1.92. The Hall–Kier alpha value is -0.470. The fraction of sp³-hybridized carbons (Fsp3) is 0.923. The van der Waals surface area contributed by atoms with Crippen LogP contribution in [0.1, 0.15) is 20.3 Å². The molecular weight excluding hydrogens is 308 g/mol. The Kier molecular flexibility index (Phi) is 7.83. The zero-order valence-electron chi connectivity index (χ0n) is 13.4. The Morgan fingerprint density at radius 1 is 1.43 bits per heavy atom. The van der Waals surface area contributed by atoms with Gasteiger partial charge in [0, 0.05) is 44.2 Å². The largest absolute Gasteiger partial charge is 0.356 e. The number of nitrogens with zero attached hydrogens (tertiary/aromatic N) is 2. The summed E-state index contributed by atoms with van der Waals surface area (Å²) < 4.78 is 24.4. The molecule has 0 aromatic rings. The molecule has 1 rings (SSSR count). The molecule has 0 spiro atoms. The first kappa shape index (κ1) is 18.6. The average molecular weight is 337 g/mol. The van der Waals surface area contributed by atoms with Gasteiger partial charge in [-0.1, -0.05) is 13.8 Å². The lowest BCUT2D eigenvalue weighted by atomic mass is 10.1. The van der Waals surface area contributed by atoms with Gasteiger partial charge in [0.2, 0.25) is 10.0 Å². The SMILES string of the molecule is CN=C(NCCCNS(C)(=O)=O)N1CCSC(C(C)C)C1. The molecule has 8 heteroatoms. The average Bonchev–Trinajstić information content (AvgIpc) is 2.41. The van der Waals surface area contributed by atoms with E-state index in [-0.39, 0.29) is 0 Å². The van der Waals surface area contributed by atoms with Gasteiger partial charge in [-0.15, -0.1) is 0 Å². The summed E-state index contributed by atoms with van der Waals surface area (Å²) in [5.41, 5.74) is 0. The highest BCUT2D eigenvalue weighted by molar-refractivity contribution is 8.00. The van der Waals surface area contributed by atoms with Gasteiger partial charge in [-0.2, -0.15) is 11.8 Å². The van der Waals surface area contributed by atoms with Crippen molar-refractivity contribution < 1.29 is 8.42 Å². The van der Waals surface area contributed by atoms with Crippen molar-refractivity contribution in [3.63, 3.8) is 0 Å². The van der Waals surface area contributed by atoms with Crippen LogP contribution in [-0.2, 0) is 10.0 Å². The highest BCUT2D eigenvalue weighted by Gasteiger charge is 2.24. The second kappa shape index (κ2) is 8.85. The van der Waals surface area contributed by atoms with Gasteiger partial charge in [0.1, 0.15) is 0 Å². The molecule has 1 heterocycles. The summed E-state index contributed by atoms with van der Waals surface area (Å²) in [7, 11) is -1.29. The summed E-state index contributed by atoms with van der Waals surface area (Å²) in [6, 6.07) is 0. The molecule has 1 unspecified atom stereocenters. The van der Waals surface area contributed by atoms with Gasteiger partial charge in [0.25, 0.3) is 0 Å². The topological polar surface area (TPSA) is 73.8 Å². The fourth-order valence-corrected chi connectivity index (χ4v) is 3.96. The number of guanidine groups is 1. The van der Waals surface area contributed by atoms with E-state index in [1.165, 1.54) is 6.26 Å². The molecular formula is C13H28N4O2S2. The molecule has 1 atom stereocenters. The van der Waals surface area contributed by atoms with Crippen LogP contribution in [0.5, 0.6) is 0 Å². The maximum atomic E-state index is 11.0. The van der Waals surface area contributed by atoms with Gasteiger partial charge in [0.15, 0.2) is 5.96 Å². The van der Waals surface area contributed by atoms with Crippen LogP contribution >= 0.6 is 11.8 Å². The third-order valence-electron chi connectivity index (χ3n) is 3.35. The second-order valence-corrected chi connectivity index (χ2v) is 8.77. The molecule has 2 N–H and O–H groups in total. The van der Waals surface area contributed by atoms with E-state index in [9.17, 15) is 8.42 Å². The molecule has 1 aliphatic heterocycles. The maximum Gasteiger partial charge on any atom is 0.208 e. The lowest BCUT2D eigenvalue weighted by Crippen LogP contribution is -2.49. The molecule has 1 aliphatic rings. The number of sulfonamides is 1. The van der Waals surface area contributed by atoms with Gasteiger partial charge in [-0.05, 0) is 12.3 Å². The van der Waals surface area contributed by atoms with Crippen LogP contribution in [0.3, 0.4) is 0 Å². The summed E-state index contributed by atoms with van der Waals surface area (Å²) in [5, 5.41) is 3.96. The molecule has 1 saturated heterocycles. The van der Waals surface area contributed by atoms with Gasteiger partial charge in [-0.3, -0.25) is 4.99 Å². The van der Waals surface area contributed by atoms with Crippen LogP contribution < -0.4 is 10.0 Å². The van der Waals surface area contributed by atoms with Gasteiger partial charge >= 0.3 is 0 Å². The molecule has 0 radical (unpaired) electrons. The van der Waals surface area contributed by atoms with Crippen molar-refractivity contribution in [1.82, 2.24) is 14.9 Å². The van der Waals surface area contributed by atoms with E-state index in [1.54, 1.807) is 7.05 Å². The zero-order valence-corrected chi connectivity index (χ0v) is 15.1. The molecule has 1 fully saturated rings. The Morgan fingerprint density at radius 2 is 2.14 bits per heavy atom. The molecule has 0 aromatic carbocycles. The molecule has 21 heavy (non-hydrogen) atoms. The third-order valence-corrected chi connectivity index (χ3v) is 5.62. The lowest BCUT2D eigenvalue weighted by Gasteiger charge is -2.36.